The zero-order valence-corrected chi connectivity index (χ0v) is 10.2. The number of carboxylic acid groups (broad SMARTS) is 1. The Balaban J connectivity index is 1.99. The number of hydrogen-bond donors (Lipinski definition) is 1. The van der Waals surface area contributed by atoms with Crippen molar-refractivity contribution in [3.05, 3.63) is 15.8 Å². The van der Waals surface area contributed by atoms with Crippen LogP contribution in [0.25, 0.3) is 0 Å². The van der Waals surface area contributed by atoms with E-state index < -0.39 is 5.97 Å². The number of hydrogen-bond acceptors (Lipinski definition) is 3. The largest absolute Gasteiger partial charge is 0.491 e. The molecule has 16 heavy (non-hydrogen) atoms. The molecule has 1 heterocycles. The summed E-state index contributed by atoms with van der Waals surface area (Å²) in [5, 5.41) is 9.00. The zero-order valence-electron chi connectivity index (χ0n) is 9.36. The van der Waals surface area contributed by atoms with Crippen LogP contribution in [-0.2, 0) is 0 Å². The molecule has 0 spiro atoms. The van der Waals surface area contributed by atoms with Gasteiger partial charge in [-0.05, 0) is 31.7 Å². The van der Waals surface area contributed by atoms with Crippen molar-refractivity contribution >= 4 is 17.3 Å². The molecule has 0 amide bonds. The first-order valence-corrected chi connectivity index (χ1v) is 6.45. The van der Waals surface area contributed by atoms with Crippen LogP contribution < -0.4 is 4.74 Å². The molecule has 0 aromatic carbocycles. The van der Waals surface area contributed by atoms with Crippen LogP contribution in [-0.4, -0.2) is 17.7 Å². The third-order valence-electron chi connectivity index (χ3n) is 2.96. The Kier molecular flexibility index (Phi) is 3.49. The number of carboxylic acids is 1. The molecule has 1 aliphatic rings. The second-order valence-corrected chi connectivity index (χ2v) is 5.57. The van der Waals surface area contributed by atoms with E-state index in [1.165, 1.54) is 37.0 Å². The summed E-state index contributed by atoms with van der Waals surface area (Å²) in [6.07, 6.45) is 4.99. The molecule has 0 radical (unpaired) electrons. The quantitative estimate of drug-likeness (QED) is 0.878. The fraction of sp³-hybridized carbons (Fsp3) is 0.583. The Morgan fingerprint density at radius 1 is 1.56 bits per heavy atom. The third-order valence-corrected chi connectivity index (χ3v) is 3.98. The van der Waals surface area contributed by atoms with Crippen molar-refractivity contribution in [3.8, 4) is 5.75 Å². The summed E-state index contributed by atoms with van der Waals surface area (Å²) in [4.78, 5) is 12.3. The highest BCUT2D eigenvalue weighted by Gasteiger charge is 2.19. The van der Waals surface area contributed by atoms with Gasteiger partial charge in [0.2, 0.25) is 0 Å². The van der Waals surface area contributed by atoms with Crippen LogP contribution in [0.2, 0.25) is 0 Å². The molecular weight excluding hydrogens is 224 g/mol. The van der Waals surface area contributed by atoms with Gasteiger partial charge in [-0.2, -0.15) is 0 Å². The van der Waals surface area contributed by atoms with Gasteiger partial charge in [-0.15, -0.1) is 11.3 Å². The number of rotatable bonds is 4. The van der Waals surface area contributed by atoms with Gasteiger partial charge in [0.05, 0.1) is 6.61 Å². The maximum atomic E-state index is 11.0. The van der Waals surface area contributed by atoms with Crippen molar-refractivity contribution in [2.75, 3.05) is 6.61 Å². The van der Waals surface area contributed by atoms with Gasteiger partial charge in [0.25, 0.3) is 0 Å². The Morgan fingerprint density at radius 3 is 2.88 bits per heavy atom. The fourth-order valence-corrected chi connectivity index (χ4v) is 2.93. The van der Waals surface area contributed by atoms with Crippen LogP contribution in [0, 0.1) is 12.8 Å². The van der Waals surface area contributed by atoms with Gasteiger partial charge in [-0.3, -0.25) is 0 Å². The highest BCUT2D eigenvalue weighted by molar-refractivity contribution is 7.14. The first-order chi connectivity index (χ1) is 7.66. The molecule has 88 valence electrons. The van der Waals surface area contributed by atoms with E-state index in [0.29, 0.717) is 23.2 Å². The minimum Gasteiger partial charge on any atom is -0.491 e. The predicted octanol–water partition coefficient (Wildman–Crippen LogP) is 3.32. The maximum absolute atomic E-state index is 11.0. The first kappa shape index (κ1) is 11.5. The number of aryl methyl sites for hydroxylation is 1. The summed E-state index contributed by atoms with van der Waals surface area (Å²) < 4.78 is 5.63. The first-order valence-electron chi connectivity index (χ1n) is 5.63. The smallest absolute Gasteiger partial charge is 0.349 e. The van der Waals surface area contributed by atoms with Crippen molar-refractivity contribution in [3.63, 3.8) is 0 Å². The lowest BCUT2D eigenvalue weighted by Gasteiger charge is -2.10. The zero-order chi connectivity index (χ0) is 11.5. The summed E-state index contributed by atoms with van der Waals surface area (Å²) in [7, 11) is 0. The lowest BCUT2D eigenvalue weighted by Crippen LogP contribution is -2.09. The predicted molar refractivity (Wildman–Crippen MR) is 63.5 cm³/mol. The van der Waals surface area contributed by atoms with E-state index in [1.54, 1.807) is 0 Å². The molecule has 0 aliphatic heterocycles. The molecule has 0 atom stereocenters. The van der Waals surface area contributed by atoms with E-state index in [9.17, 15) is 4.79 Å². The summed E-state index contributed by atoms with van der Waals surface area (Å²) >= 11 is 1.28. The van der Waals surface area contributed by atoms with Gasteiger partial charge in [-0.1, -0.05) is 12.8 Å². The molecule has 3 nitrogen and oxygen atoms in total. The van der Waals surface area contributed by atoms with Crippen LogP contribution in [0.1, 0.15) is 40.2 Å². The lowest BCUT2D eigenvalue weighted by molar-refractivity contribution is 0.0697. The lowest BCUT2D eigenvalue weighted by atomic mass is 10.1. The maximum Gasteiger partial charge on any atom is 0.349 e. The second kappa shape index (κ2) is 4.87. The molecule has 0 saturated heterocycles. The summed E-state index contributed by atoms with van der Waals surface area (Å²) in [6.45, 7) is 2.57. The van der Waals surface area contributed by atoms with E-state index >= 15 is 0 Å². The van der Waals surface area contributed by atoms with Crippen molar-refractivity contribution in [1.29, 1.82) is 0 Å². The molecule has 1 aromatic heterocycles. The number of carbonyl (C=O) groups is 1. The van der Waals surface area contributed by atoms with E-state index in [4.69, 9.17) is 9.84 Å². The van der Waals surface area contributed by atoms with E-state index in [1.807, 2.05) is 13.0 Å². The van der Waals surface area contributed by atoms with Gasteiger partial charge in [0.15, 0.2) is 4.88 Å². The van der Waals surface area contributed by atoms with Gasteiger partial charge in [-0.25, -0.2) is 4.79 Å². The minimum absolute atomic E-state index is 0.329. The average Bonchev–Trinajstić information content (AvgIpc) is 2.83. The SMILES string of the molecule is Cc1cc(OCC2CCCC2)c(C(=O)O)s1. The van der Waals surface area contributed by atoms with Gasteiger partial charge >= 0.3 is 5.97 Å². The van der Waals surface area contributed by atoms with Crippen LogP contribution >= 0.6 is 11.3 Å². The Bertz CT molecular complexity index is 378. The number of aromatic carboxylic acids is 1. The number of ether oxygens (including phenoxy) is 1. The molecule has 0 unspecified atom stereocenters. The molecule has 2 rings (SSSR count). The Hall–Kier alpha value is -1.03. The van der Waals surface area contributed by atoms with Crippen LogP contribution in [0.5, 0.6) is 5.75 Å². The number of thiophene rings is 1. The standard InChI is InChI=1S/C12H16O3S/c1-8-6-10(11(16-8)12(13)14)15-7-9-4-2-3-5-9/h6,9H,2-5,7H2,1H3,(H,13,14). The van der Waals surface area contributed by atoms with Crippen LogP contribution in [0.3, 0.4) is 0 Å². The fourth-order valence-electron chi connectivity index (χ4n) is 2.13. The summed E-state index contributed by atoms with van der Waals surface area (Å²) in [5.41, 5.74) is 0. The van der Waals surface area contributed by atoms with Crippen molar-refractivity contribution in [2.24, 2.45) is 5.92 Å². The molecule has 1 N–H and O–H groups in total. The Labute approximate surface area is 99.1 Å². The van der Waals surface area contributed by atoms with E-state index in [-0.39, 0.29) is 0 Å². The van der Waals surface area contributed by atoms with E-state index in [0.717, 1.165) is 4.88 Å². The molecule has 1 fully saturated rings. The summed E-state index contributed by atoms with van der Waals surface area (Å²) in [5.74, 6) is 0.267. The van der Waals surface area contributed by atoms with Gasteiger partial charge in [0.1, 0.15) is 5.75 Å². The van der Waals surface area contributed by atoms with Crippen molar-refractivity contribution < 1.29 is 14.6 Å². The van der Waals surface area contributed by atoms with Gasteiger partial charge in [0, 0.05) is 4.88 Å². The minimum atomic E-state index is -0.889. The average molecular weight is 240 g/mol. The van der Waals surface area contributed by atoms with Crippen LogP contribution in [0.15, 0.2) is 6.07 Å². The molecule has 1 saturated carbocycles. The molecule has 4 heteroatoms. The highest BCUT2D eigenvalue weighted by atomic mass is 32.1. The molecule has 0 bridgehead atoms. The normalized spacial score (nSPS) is 16.6. The monoisotopic (exact) mass is 240 g/mol. The Morgan fingerprint density at radius 2 is 2.25 bits per heavy atom. The third kappa shape index (κ3) is 2.55. The van der Waals surface area contributed by atoms with Crippen molar-refractivity contribution in [1.82, 2.24) is 0 Å². The van der Waals surface area contributed by atoms with Crippen molar-refractivity contribution in [2.45, 2.75) is 32.6 Å². The van der Waals surface area contributed by atoms with E-state index in [2.05, 4.69) is 0 Å². The molecule has 1 aliphatic carbocycles. The van der Waals surface area contributed by atoms with Crippen LogP contribution in [0.4, 0.5) is 0 Å². The highest BCUT2D eigenvalue weighted by Crippen LogP contribution is 2.31. The molecular formula is C12H16O3S. The second-order valence-electron chi connectivity index (χ2n) is 4.32. The molecule has 1 aromatic rings. The van der Waals surface area contributed by atoms with Gasteiger partial charge < -0.3 is 9.84 Å². The summed E-state index contributed by atoms with van der Waals surface area (Å²) in [6, 6.07) is 1.82. The topological polar surface area (TPSA) is 46.5 Å².